The zero-order valence-corrected chi connectivity index (χ0v) is 21.8. The largest absolute Gasteiger partial charge is 0.338 e. The predicted molar refractivity (Wildman–Crippen MR) is 147 cm³/mol. The molecule has 3 aromatic rings. The van der Waals surface area contributed by atoms with E-state index in [1.165, 1.54) is 12.1 Å². The van der Waals surface area contributed by atoms with Gasteiger partial charge in [0.25, 0.3) is 5.69 Å². The molecule has 4 rings (SSSR count). The topological polar surface area (TPSA) is 96.7 Å². The zero-order valence-electron chi connectivity index (χ0n) is 21.8. The lowest BCUT2D eigenvalue weighted by Crippen LogP contribution is -2.45. The predicted octanol–water partition coefficient (Wildman–Crippen LogP) is 5.50. The molecule has 1 unspecified atom stereocenters. The highest BCUT2D eigenvalue weighted by atomic mass is 16.6. The highest BCUT2D eigenvalue weighted by Gasteiger charge is 2.30. The van der Waals surface area contributed by atoms with Crippen molar-refractivity contribution in [3.05, 3.63) is 94.3 Å². The Morgan fingerprint density at radius 1 is 1.21 bits per heavy atom. The minimum Gasteiger partial charge on any atom is -0.338 e. The number of carbonyl (C=O) groups excluding carboxylic acids is 2. The van der Waals surface area contributed by atoms with Crippen LogP contribution in [-0.4, -0.2) is 46.8 Å². The Morgan fingerprint density at radius 3 is 2.71 bits per heavy atom. The second-order valence-corrected chi connectivity index (χ2v) is 9.72. The van der Waals surface area contributed by atoms with Crippen molar-refractivity contribution in [2.24, 2.45) is 5.92 Å². The highest BCUT2D eigenvalue weighted by Crippen LogP contribution is 2.38. The number of nitro groups is 1. The second-order valence-electron chi connectivity index (χ2n) is 9.72. The Bertz CT molecular complexity index is 1350. The number of pyridine rings is 1. The summed E-state index contributed by atoms with van der Waals surface area (Å²) in [7, 11) is 1.72. The fraction of sp³-hybridized carbons (Fsp3) is 0.300. The number of nitro benzene ring substituents is 1. The standard InChI is InChI=1S/C30H31N4O4/c1-21(2)25-12-4-5-13-26(25)29-22(9-6-14-27(29)34(37)38)15-16-28(35)33-18-8-10-23(20-33)30(36)32(3)24-11-7-17-31-19-24/h4-7,9,11-13,15-17,19,21,23H,8,10,18,20H2,1-3H3/b16-15+. The van der Waals surface area contributed by atoms with Crippen LogP contribution in [0.4, 0.5) is 11.4 Å². The van der Waals surface area contributed by atoms with Crippen LogP contribution in [-0.2, 0) is 9.59 Å². The molecule has 1 radical (unpaired) electrons. The van der Waals surface area contributed by atoms with Crippen molar-refractivity contribution in [2.75, 3.05) is 25.0 Å². The first kappa shape index (κ1) is 26.7. The summed E-state index contributed by atoms with van der Waals surface area (Å²) in [5, 5.41) is 11.9. The van der Waals surface area contributed by atoms with Crippen molar-refractivity contribution >= 4 is 29.3 Å². The molecule has 8 nitrogen and oxygen atoms in total. The van der Waals surface area contributed by atoms with Gasteiger partial charge < -0.3 is 9.80 Å². The van der Waals surface area contributed by atoms with Gasteiger partial charge in [0.1, 0.15) is 0 Å². The number of hydrogen-bond donors (Lipinski definition) is 0. The molecule has 0 N–H and O–H groups in total. The van der Waals surface area contributed by atoms with E-state index < -0.39 is 4.92 Å². The molecule has 0 aliphatic carbocycles. The summed E-state index contributed by atoms with van der Waals surface area (Å²) < 4.78 is 0. The third-order valence-electron chi connectivity index (χ3n) is 6.89. The number of rotatable bonds is 7. The van der Waals surface area contributed by atoms with Crippen LogP contribution in [0.1, 0.15) is 43.7 Å². The number of benzene rings is 2. The van der Waals surface area contributed by atoms with Gasteiger partial charge in [0.15, 0.2) is 0 Å². The third kappa shape index (κ3) is 5.80. The summed E-state index contributed by atoms with van der Waals surface area (Å²) in [5.41, 5.74) is 3.31. The van der Waals surface area contributed by atoms with E-state index in [0.717, 1.165) is 17.5 Å². The molecule has 0 bridgehead atoms. The lowest BCUT2D eigenvalue weighted by molar-refractivity contribution is -0.384. The summed E-state index contributed by atoms with van der Waals surface area (Å²) in [4.78, 5) is 45.1. The van der Waals surface area contributed by atoms with Gasteiger partial charge >= 0.3 is 0 Å². The quantitative estimate of drug-likeness (QED) is 0.237. The van der Waals surface area contributed by atoms with Gasteiger partial charge in [-0.05, 0) is 59.7 Å². The van der Waals surface area contributed by atoms with Crippen LogP contribution in [0.3, 0.4) is 0 Å². The first-order valence-corrected chi connectivity index (χ1v) is 12.7. The number of hydrogen-bond acceptors (Lipinski definition) is 5. The molecule has 0 spiro atoms. The van der Waals surface area contributed by atoms with Crippen LogP contribution in [0.25, 0.3) is 17.2 Å². The molecule has 1 fully saturated rings. The first-order valence-electron chi connectivity index (χ1n) is 12.7. The third-order valence-corrected chi connectivity index (χ3v) is 6.89. The van der Waals surface area contributed by atoms with Crippen LogP contribution in [0.2, 0.25) is 0 Å². The molecular formula is C30H31N4O4. The first-order chi connectivity index (χ1) is 18.3. The van der Waals surface area contributed by atoms with Crippen molar-refractivity contribution in [1.82, 2.24) is 9.88 Å². The maximum absolute atomic E-state index is 13.2. The molecule has 2 amide bonds. The molecule has 2 aromatic carbocycles. The van der Waals surface area contributed by atoms with E-state index in [4.69, 9.17) is 0 Å². The van der Waals surface area contributed by atoms with E-state index in [-0.39, 0.29) is 29.3 Å². The molecule has 1 aliphatic heterocycles. The van der Waals surface area contributed by atoms with Gasteiger partial charge in [0.05, 0.1) is 34.4 Å². The number of nitrogens with zero attached hydrogens (tertiary/aromatic N) is 4. The average Bonchev–Trinajstić information content (AvgIpc) is 2.95. The van der Waals surface area contributed by atoms with Gasteiger partial charge in [-0.3, -0.25) is 24.7 Å². The molecule has 38 heavy (non-hydrogen) atoms. The van der Waals surface area contributed by atoms with Gasteiger partial charge in [-0.2, -0.15) is 0 Å². The lowest BCUT2D eigenvalue weighted by atomic mass is 9.89. The summed E-state index contributed by atoms with van der Waals surface area (Å²) in [6.07, 6.45) is 7.78. The van der Waals surface area contributed by atoms with Crippen LogP contribution >= 0.6 is 0 Å². The summed E-state index contributed by atoms with van der Waals surface area (Å²) in [6, 6.07) is 17.2. The van der Waals surface area contributed by atoms with Crippen molar-refractivity contribution in [3.63, 3.8) is 0 Å². The maximum Gasteiger partial charge on any atom is 0.285 e. The fourth-order valence-corrected chi connectivity index (χ4v) is 4.90. The van der Waals surface area contributed by atoms with Crippen LogP contribution < -0.4 is 4.90 Å². The average molecular weight is 512 g/mol. The number of carbonyl (C=O) groups is 2. The Kier molecular flexibility index (Phi) is 8.31. The van der Waals surface area contributed by atoms with Crippen LogP contribution in [0.15, 0.2) is 67.0 Å². The van der Waals surface area contributed by atoms with Crippen molar-refractivity contribution < 1.29 is 14.5 Å². The Hall–Kier alpha value is -4.33. The second kappa shape index (κ2) is 11.8. The van der Waals surface area contributed by atoms with Gasteiger partial charge in [-0.1, -0.05) is 44.2 Å². The summed E-state index contributed by atoms with van der Waals surface area (Å²) in [6.45, 7) is 4.94. The smallest absolute Gasteiger partial charge is 0.285 e. The van der Waals surface area contributed by atoms with Gasteiger partial charge in [0, 0.05) is 32.4 Å². The van der Waals surface area contributed by atoms with Gasteiger partial charge in [-0.25, -0.2) is 0 Å². The molecule has 8 heteroatoms. The molecule has 2 heterocycles. The van der Waals surface area contributed by atoms with Crippen LogP contribution in [0, 0.1) is 22.1 Å². The van der Waals surface area contributed by atoms with E-state index in [2.05, 4.69) is 11.1 Å². The molecule has 1 aliphatic rings. The van der Waals surface area contributed by atoms with Crippen LogP contribution in [0.5, 0.6) is 0 Å². The number of piperidine rings is 1. The molecular weight excluding hydrogens is 480 g/mol. The molecule has 1 aromatic heterocycles. The lowest BCUT2D eigenvalue weighted by Gasteiger charge is -2.33. The summed E-state index contributed by atoms with van der Waals surface area (Å²) >= 11 is 0. The highest BCUT2D eigenvalue weighted by molar-refractivity contribution is 5.97. The van der Waals surface area contributed by atoms with Gasteiger partial charge in [-0.15, -0.1) is 0 Å². The fourth-order valence-electron chi connectivity index (χ4n) is 4.90. The van der Waals surface area contributed by atoms with E-state index in [9.17, 15) is 19.7 Å². The van der Waals surface area contributed by atoms with Gasteiger partial charge in [0.2, 0.25) is 11.8 Å². The van der Waals surface area contributed by atoms with E-state index in [0.29, 0.717) is 36.3 Å². The Balaban J connectivity index is 1.57. The molecule has 1 saturated heterocycles. The number of amides is 2. The monoisotopic (exact) mass is 511 g/mol. The number of anilines is 1. The Morgan fingerprint density at radius 2 is 2.00 bits per heavy atom. The molecule has 1 atom stereocenters. The molecule has 0 saturated carbocycles. The number of aromatic nitrogens is 1. The van der Waals surface area contributed by atoms with E-state index >= 15 is 0 Å². The summed E-state index contributed by atoms with van der Waals surface area (Å²) in [5.74, 6) is -0.448. The van der Waals surface area contributed by atoms with Crippen molar-refractivity contribution in [1.29, 1.82) is 0 Å². The Labute approximate surface area is 222 Å². The maximum atomic E-state index is 13.2. The zero-order chi connectivity index (χ0) is 27.2. The van der Waals surface area contributed by atoms with E-state index in [1.54, 1.807) is 47.4 Å². The van der Waals surface area contributed by atoms with E-state index in [1.807, 2.05) is 44.2 Å². The number of likely N-dealkylation sites (tertiary alicyclic amines) is 1. The van der Waals surface area contributed by atoms with Crippen molar-refractivity contribution in [3.8, 4) is 11.1 Å². The normalized spacial score (nSPS) is 15.6. The minimum absolute atomic E-state index is 0.0544. The minimum atomic E-state index is -0.439. The van der Waals surface area contributed by atoms with Crippen molar-refractivity contribution in [2.45, 2.75) is 32.6 Å². The SMILES string of the molecule is CC(C)c1ccccc1-c1c([N+](=O)[O-])[c]ccc1/C=C/C(=O)N1CCCC(C(=O)N(C)c2cccnc2)C1. The molecule has 195 valence electrons.